The number of hydrogen-bond donors (Lipinski definition) is 1. The molecule has 1 amide bonds. The lowest BCUT2D eigenvalue weighted by Gasteiger charge is -2.09. The predicted molar refractivity (Wildman–Crippen MR) is 116 cm³/mol. The lowest BCUT2D eigenvalue weighted by atomic mass is 10.2. The van der Waals surface area contributed by atoms with Crippen molar-refractivity contribution in [1.82, 2.24) is 24.4 Å². The summed E-state index contributed by atoms with van der Waals surface area (Å²) in [7, 11) is 0. The SMILES string of the molecule is Cc1ccc(-n2c(C)c(C)c3c(=O)n(CC(=O)NCc4cccnc4)cnc32)cc1. The van der Waals surface area contributed by atoms with Crippen molar-refractivity contribution in [2.24, 2.45) is 0 Å². The van der Waals surface area contributed by atoms with Gasteiger partial charge in [-0.2, -0.15) is 0 Å². The highest BCUT2D eigenvalue weighted by Crippen LogP contribution is 2.25. The molecule has 0 unspecified atom stereocenters. The third-order valence-electron chi connectivity index (χ3n) is 5.30. The number of nitrogens with zero attached hydrogens (tertiary/aromatic N) is 4. The summed E-state index contributed by atoms with van der Waals surface area (Å²) in [6.45, 7) is 6.20. The van der Waals surface area contributed by atoms with Gasteiger partial charge in [0.05, 0.1) is 5.39 Å². The fourth-order valence-electron chi connectivity index (χ4n) is 3.52. The minimum Gasteiger partial charge on any atom is -0.350 e. The number of hydrogen-bond acceptors (Lipinski definition) is 4. The second kappa shape index (κ2) is 7.94. The number of aryl methyl sites for hydroxylation is 2. The third kappa shape index (κ3) is 3.61. The van der Waals surface area contributed by atoms with E-state index in [2.05, 4.69) is 15.3 Å². The molecule has 4 rings (SSSR count). The normalized spacial score (nSPS) is 11.0. The number of carbonyl (C=O) groups excluding carboxylic acids is 1. The zero-order valence-corrected chi connectivity index (χ0v) is 17.2. The molecule has 4 aromatic rings. The summed E-state index contributed by atoms with van der Waals surface area (Å²) in [5, 5.41) is 3.35. The van der Waals surface area contributed by atoms with Crippen molar-refractivity contribution in [2.45, 2.75) is 33.9 Å². The number of aromatic nitrogens is 4. The lowest BCUT2D eigenvalue weighted by Crippen LogP contribution is -2.32. The summed E-state index contributed by atoms with van der Waals surface area (Å²) < 4.78 is 3.34. The second-order valence-electron chi connectivity index (χ2n) is 7.40. The molecule has 0 radical (unpaired) electrons. The quantitative estimate of drug-likeness (QED) is 0.558. The van der Waals surface area contributed by atoms with Gasteiger partial charge < -0.3 is 5.32 Å². The van der Waals surface area contributed by atoms with Crippen LogP contribution in [-0.2, 0) is 17.9 Å². The van der Waals surface area contributed by atoms with E-state index in [1.54, 1.807) is 12.4 Å². The van der Waals surface area contributed by atoms with E-state index in [9.17, 15) is 9.59 Å². The molecule has 0 aliphatic carbocycles. The monoisotopic (exact) mass is 401 g/mol. The fraction of sp³-hybridized carbons (Fsp3) is 0.217. The van der Waals surface area contributed by atoms with Gasteiger partial charge >= 0.3 is 0 Å². The van der Waals surface area contributed by atoms with Crippen LogP contribution >= 0.6 is 0 Å². The Labute approximate surface area is 174 Å². The summed E-state index contributed by atoms with van der Waals surface area (Å²) in [5.74, 6) is -0.255. The van der Waals surface area contributed by atoms with Crippen LogP contribution in [0.3, 0.4) is 0 Å². The van der Waals surface area contributed by atoms with Crippen LogP contribution in [0.15, 0.2) is 59.9 Å². The van der Waals surface area contributed by atoms with Crippen LogP contribution in [0.2, 0.25) is 0 Å². The van der Waals surface area contributed by atoms with Crippen molar-refractivity contribution in [3.63, 3.8) is 0 Å². The van der Waals surface area contributed by atoms with Gasteiger partial charge in [0.15, 0.2) is 5.65 Å². The second-order valence-corrected chi connectivity index (χ2v) is 7.40. The molecule has 0 spiro atoms. The van der Waals surface area contributed by atoms with Crippen LogP contribution in [0.4, 0.5) is 0 Å². The number of carbonyl (C=O) groups is 1. The number of rotatable bonds is 5. The van der Waals surface area contributed by atoms with Gasteiger partial charge in [0.1, 0.15) is 12.9 Å². The van der Waals surface area contributed by atoms with E-state index < -0.39 is 0 Å². The first-order valence-corrected chi connectivity index (χ1v) is 9.75. The summed E-state index contributed by atoms with van der Waals surface area (Å²) in [4.78, 5) is 34.0. The summed E-state index contributed by atoms with van der Waals surface area (Å²) in [5.41, 5.74) is 5.22. The van der Waals surface area contributed by atoms with Crippen molar-refractivity contribution in [3.8, 4) is 5.69 Å². The van der Waals surface area contributed by atoms with E-state index in [0.717, 1.165) is 28.1 Å². The molecule has 3 aromatic heterocycles. The standard InChI is InChI=1S/C23H23N5O2/c1-15-6-8-19(9-7-15)28-17(3)16(2)21-22(28)26-14-27(23(21)30)13-20(29)25-12-18-5-4-10-24-11-18/h4-11,14H,12-13H2,1-3H3,(H,25,29). The van der Waals surface area contributed by atoms with Gasteiger partial charge in [-0.25, -0.2) is 4.98 Å². The molecule has 7 nitrogen and oxygen atoms in total. The molecule has 0 aliphatic heterocycles. The summed E-state index contributed by atoms with van der Waals surface area (Å²) in [6, 6.07) is 11.8. The van der Waals surface area contributed by atoms with Gasteiger partial charge in [0.25, 0.3) is 5.56 Å². The Morgan fingerprint density at radius 2 is 1.87 bits per heavy atom. The van der Waals surface area contributed by atoms with Crippen molar-refractivity contribution >= 4 is 16.9 Å². The highest BCUT2D eigenvalue weighted by atomic mass is 16.2. The number of amides is 1. The summed E-state index contributed by atoms with van der Waals surface area (Å²) in [6.07, 6.45) is 4.82. The van der Waals surface area contributed by atoms with Gasteiger partial charge in [-0.3, -0.25) is 23.7 Å². The first kappa shape index (κ1) is 19.6. The molecule has 0 saturated heterocycles. The fourth-order valence-corrected chi connectivity index (χ4v) is 3.52. The van der Waals surface area contributed by atoms with E-state index in [-0.39, 0.29) is 18.0 Å². The molecule has 3 heterocycles. The molecular weight excluding hydrogens is 378 g/mol. The maximum absolute atomic E-state index is 13.1. The number of nitrogens with one attached hydrogen (secondary N) is 1. The maximum atomic E-state index is 13.1. The summed E-state index contributed by atoms with van der Waals surface area (Å²) >= 11 is 0. The predicted octanol–water partition coefficient (Wildman–Crippen LogP) is 2.82. The van der Waals surface area contributed by atoms with Crippen LogP contribution in [0.5, 0.6) is 0 Å². The highest BCUT2D eigenvalue weighted by molar-refractivity contribution is 5.83. The Bertz CT molecular complexity index is 1270. The van der Waals surface area contributed by atoms with Crippen molar-refractivity contribution in [3.05, 3.63) is 87.9 Å². The van der Waals surface area contributed by atoms with Gasteiger partial charge in [-0.15, -0.1) is 0 Å². The topological polar surface area (TPSA) is 81.8 Å². The Morgan fingerprint density at radius 3 is 2.57 bits per heavy atom. The molecule has 1 N–H and O–H groups in total. The Kier molecular flexibility index (Phi) is 5.18. The molecule has 7 heteroatoms. The number of benzene rings is 1. The van der Waals surface area contributed by atoms with Crippen molar-refractivity contribution in [2.75, 3.05) is 0 Å². The van der Waals surface area contributed by atoms with E-state index in [1.165, 1.54) is 10.9 Å². The molecule has 0 aliphatic rings. The molecular formula is C23H23N5O2. The van der Waals surface area contributed by atoms with Gasteiger partial charge in [-0.1, -0.05) is 23.8 Å². The highest BCUT2D eigenvalue weighted by Gasteiger charge is 2.18. The smallest absolute Gasteiger partial charge is 0.263 e. The average Bonchev–Trinajstić information content (AvgIpc) is 3.01. The third-order valence-corrected chi connectivity index (χ3v) is 5.30. The van der Waals surface area contributed by atoms with Gasteiger partial charge in [0, 0.05) is 30.3 Å². The minimum atomic E-state index is -0.255. The zero-order valence-electron chi connectivity index (χ0n) is 17.2. The number of fused-ring (bicyclic) bond motifs is 1. The molecule has 0 fully saturated rings. The van der Waals surface area contributed by atoms with Gasteiger partial charge in [0.2, 0.25) is 5.91 Å². The largest absolute Gasteiger partial charge is 0.350 e. The van der Waals surface area contributed by atoms with E-state index in [0.29, 0.717) is 17.6 Å². The molecule has 152 valence electrons. The Morgan fingerprint density at radius 1 is 1.10 bits per heavy atom. The average molecular weight is 401 g/mol. The zero-order chi connectivity index (χ0) is 21.3. The van der Waals surface area contributed by atoms with Crippen LogP contribution in [0, 0.1) is 20.8 Å². The van der Waals surface area contributed by atoms with Crippen LogP contribution in [-0.4, -0.2) is 25.0 Å². The van der Waals surface area contributed by atoms with Crippen molar-refractivity contribution in [1.29, 1.82) is 0 Å². The first-order chi connectivity index (χ1) is 14.5. The first-order valence-electron chi connectivity index (χ1n) is 9.75. The number of pyridine rings is 1. The molecule has 0 atom stereocenters. The Hall–Kier alpha value is -3.74. The van der Waals surface area contributed by atoms with Crippen molar-refractivity contribution < 1.29 is 4.79 Å². The molecule has 0 saturated carbocycles. The van der Waals surface area contributed by atoms with Gasteiger partial charge in [-0.05, 0) is 50.1 Å². The minimum absolute atomic E-state index is 0.0871. The van der Waals surface area contributed by atoms with Crippen LogP contribution in [0.1, 0.15) is 22.4 Å². The molecule has 0 bridgehead atoms. The van der Waals surface area contributed by atoms with Crippen LogP contribution in [0.25, 0.3) is 16.7 Å². The van der Waals surface area contributed by atoms with E-state index in [4.69, 9.17) is 0 Å². The van der Waals surface area contributed by atoms with E-state index in [1.807, 2.05) is 61.7 Å². The van der Waals surface area contributed by atoms with Crippen LogP contribution < -0.4 is 10.9 Å². The lowest BCUT2D eigenvalue weighted by molar-refractivity contribution is -0.121. The molecule has 30 heavy (non-hydrogen) atoms. The Balaban J connectivity index is 1.64. The molecule has 1 aromatic carbocycles. The van der Waals surface area contributed by atoms with E-state index >= 15 is 0 Å². The maximum Gasteiger partial charge on any atom is 0.263 e.